The van der Waals surface area contributed by atoms with Crippen molar-refractivity contribution in [1.29, 1.82) is 0 Å². The lowest BCUT2D eigenvalue weighted by Crippen LogP contribution is -2.05. The molecule has 3 aromatic rings. The van der Waals surface area contributed by atoms with Crippen LogP contribution in [-0.4, -0.2) is 20.7 Å². The second-order valence-electron chi connectivity index (χ2n) is 5.07. The molecular formula is C15H11ClF3N5. The van der Waals surface area contributed by atoms with Crippen LogP contribution in [0.1, 0.15) is 11.1 Å². The van der Waals surface area contributed by atoms with Crippen molar-refractivity contribution < 1.29 is 13.2 Å². The fraction of sp³-hybridized carbons (Fsp3) is 0.133. The minimum Gasteiger partial charge on any atom is -0.398 e. The van der Waals surface area contributed by atoms with Crippen molar-refractivity contribution >= 4 is 40.6 Å². The van der Waals surface area contributed by atoms with E-state index in [9.17, 15) is 13.2 Å². The summed E-state index contributed by atoms with van der Waals surface area (Å²) in [6.07, 6.45) is -2.23. The highest BCUT2D eigenvalue weighted by atomic mass is 35.5. The smallest absolute Gasteiger partial charge is 0.398 e. The van der Waals surface area contributed by atoms with E-state index in [1.807, 2.05) is 0 Å². The number of imidazole rings is 1. The van der Waals surface area contributed by atoms with Crippen molar-refractivity contribution in [2.24, 2.45) is 12.0 Å². The quantitative estimate of drug-likeness (QED) is 0.559. The van der Waals surface area contributed by atoms with Crippen LogP contribution < -0.4 is 5.73 Å². The van der Waals surface area contributed by atoms with Gasteiger partial charge in [0.25, 0.3) is 0 Å². The number of aromatic nitrogens is 3. The molecule has 2 heterocycles. The maximum Gasteiger partial charge on any atom is 0.417 e. The highest BCUT2D eigenvalue weighted by molar-refractivity contribution is 6.31. The minimum absolute atomic E-state index is 0.114. The topological polar surface area (TPSA) is 69.1 Å². The van der Waals surface area contributed by atoms with E-state index in [-0.39, 0.29) is 11.5 Å². The van der Waals surface area contributed by atoms with Gasteiger partial charge in [-0.2, -0.15) is 13.2 Å². The van der Waals surface area contributed by atoms with Crippen LogP contribution in [0.4, 0.5) is 24.8 Å². The van der Waals surface area contributed by atoms with Crippen LogP contribution in [0.5, 0.6) is 0 Å². The van der Waals surface area contributed by atoms with Gasteiger partial charge in [0.15, 0.2) is 5.65 Å². The SMILES string of the molecule is Cn1c(N=Cc2ccc(Cl)cc2N)nc2cc(C(F)(F)F)cnc21. The lowest BCUT2D eigenvalue weighted by Gasteiger charge is -2.04. The van der Waals surface area contributed by atoms with Gasteiger partial charge in [-0.25, -0.2) is 15.0 Å². The first-order chi connectivity index (χ1) is 11.3. The Balaban J connectivity index is 2.00. The van der Waals surface area contributed by atoms with Gasteiger partial charge in [-0.15, -0.1) is 0 Å². The fourth-order valence-electron chi connectivity index (χ4n) is 2.13. The molecule has 2 N–H and O–H groups in total. The molecule has 0 saturated heterocycles. The number of pyridine rings is 1. The number of fused-ring (bicyclic) bond motifs is 1. The molecule has 0 spiro atoms. The summed E-state index contributed by atoms with van der Waals surface area (Å²) < 4.78 is 39.7. The van der Waals surface area contributed by atoms with E-state index in [2.05, 4.69) is 15.0 Å². The van der Waals surface area contributed by atoms with Gasteiger partial charge in [-0.3, -0.25) is 4.57 Å². The first kappa shape index (κ1) is 16.3. The monoisotopic (exact) mass is 353 g/mol. The van der Waals surface area contributed by atoms with Gasteiger partial charge in [-0.05, 0) is 24.3 Å². The zero-order valence-corrected chi connectivity index (χ0v) is 13.1. The summed E-state index contributed by atoms with van der Waals surface area (Å²) in [6.45, 7) is 0. The zero-order chi connectivity index (χ0) is 17.5. The van der Waals surface area contributed by atoms with Crippen molar-refractivity contribution in [3.05, 3.63) is 46.6 Å². The Morgan fingerprint density at radius 3 is 2.71 bits per heavy atom. The molecule has 1 aromatic carbocycles. The predicted octanol–water partition coefficient (Wildman–Crippen LogP) is 3.97. The maximum absolute atomic E-state index is 12.7. The Labute approximate surface area is 139 Å². The van der Waals surface area contributed by atoms with Crippen LogP contribution in [0, 0.1) is 0 Å². The molecule has 0 aliphatic carbocycles. The van der Waals surface area contributed by atoms with E-state index in [4.69, 9.17) is 17.3 Å². The van der Waals surface area contributed by atoms with Crippen LogP contribution >= 0.6 is 11.6 Å². The summed E-state index contributed by atoms with van der Waals surface area (Å²) in [6, 6.07) is 5.86. The van der Waals surface area contributed by atoms with Crippen LogP contribution in [0.15, 0.2) is 35.5 Å². The van der Waals surface area contributed by atoms with Crippen molar-refractivity contribution in [1.82, 2.24) is 14.5 Å². The maximum atomic E-state index is 12.7. The van der Waals surface area contributed by atoms with Crippen molar-refractivity contribution in [3.63, 3.8) is 0 Å². The summed E-state index contributed by atoms with van der Waals surface area (Å²) in [5.74, 6) is 0.214. The molecule has 0 aliphatic rings. The van der Waals surface area contributed by atoms with E-state index in [1.54, 1.807) is 25.2 Å². The number of nitrogens with two attached hydrogens (primary N) is 1. The number of anilines is 1. The Hall–Kier alpha value is -2.61. The average molecular weight is 354 g/mol. The number of benzene rings is 1. The number of rotatable bonds is 2. The summed E-state index contributed by atoms with van der Waals surface area (Å²) in [5, 5.41) is 0.497. The normalized spacial score (nSPS) is 12.4. The molecule has 5 nitrogen and oxygen atoms in total. The lowest BCUT2D eigenvalue weighted by atomic mass is 10.2. The van der Waals surface area contributed by atoms with Crippen LogP contribution in [0.25, 0.3) is 11.2 Å². The van der Waals surface area contributed by atoms with E-state index >= 15 is 0 Å². The van der Waals surface area contributed by atoms with Crippen molar-refractivity contribution in [2.45, 2.75) is 6.18 Å². The number of hydrogen-bond donors (Lipinski definition) is 1. The van der Waals surface area contributed by atoms with Crippen LogP contribution in [-0.2, 0) is 13.2 Å². The first-order valence-corrected chi connectivity index (χ1v) is 7.12. The number of nitrogen functional groups attached to an aromatic ring is 1. The highest BCUT2D eigenvalue weighted by Gasteiger charge is 2.31. The number of aryl methyl sites for hydroxylation is 1. The largest absolute Gasteiger partial charge is 0.417 e. The predicted molar refractivity (Wildman–Crippen MR) is 86.6 cm³/mol. The Bertz CT molecular complexity index is 946. The van der Waals surface area contributed by atoms with Crippen LogP contribution in [0.2, 0.25) is 5.02 Å². The summed E-state index contributed by atoms with van der Waals surface area (Å²) in [4.78, 5) is 12.1. The summed E-state index contributed by atoms with van der Waals surface area (Å²) >= 11 is 5.82. The molecule has 3 rings (SSSR count). The van der Waals surface area contributed by atoms with E-state index in [0.717, 1.165) is 12.3 Å². The fourth-order valence-corrected chi connectivity index (χ4v) is 2.31. The Kier molecular flexibility index (Phi) is 3.92. The van der Waals surface area contributed by atoms with Gasteiger partial charge in [0.05, 0.1) is 5.56 Å². The lowest BCUT2D eigenvalue weighted by molar-refractivity contribution is -0.137. The Morgan fingerprint density at radius 1 is 1.29 bits per heavy atom. The zero-order valence-electron chi connectivity index (χ0n) is 12.3. The molecule has 24 heavy (non-hydrogen) atoms. The molecule has 0 saturated carbocycles. The molecule has 0 radical (unpaired) electrons. The van der Waals surface area contributed by atoms with Crippen molar-refractivity contribution in [2.75, 3.05) is 5.73 Å². The molecule has 0 atom stereocenters. The van der Waals surface area contributed by atoms with Gasteiger partial charge in [0, 0.05) is 35.7 Å². The number of hydrogen-bond acceptors (Lipinski definition) is 4. The average Bonchev–Trinajstić information content (AvgIpc) is 2.81. The third-order valence-electron chi connectivity index (χ3n) is 3.38. The second-order valence-corrected chi connectivity index (χ2v) is 5.50. The number of nitrogens with zero attached hydrogens (tertiary/aromatic N) is 4. The minimum atomic E-state index is -4.47. The molecular weight excluding hydrogens is 343 g/mol. The molecule has 0 fully saturated rings. The van der Waals surface area contributed by atoms with E-state index in [0.29, 0.717) is 21.9 Å². The summed E-state index contributed by atoms with van der Waals surface area (Å²) in [5.41, 5.74) is 6.44. The van der Waals surface area contributed by atoms with Gasteiger partial charge in [0.1, 0.15) is 5.52 Å². The molecule has 0 unspecified atom stereocenters. The van der Waals surface area contributed by atoms with Gasteiger partial charge < -0.3 is 5.73 Å². The Morgan fingerprint density at radius 2 is 2.04 bits per heavy atom. The molecule has 0 amide bonds. The van der Waals surface area contributed by atoms with Crippen LogP contribution in [0.3, 0.4) is 0 Å². The third-order valence-corrected chi connectivity index (χ3v) is 3.62. The first-order valence-electron chi connectivity index (χ1n) is 6.74. The van der Waals surface area contributed by atoms with E-state index < -0.39 is 11.7 Å². The highest BCUT2D eigenvalue weighted by Crippen LogP contribution is 2.31. The molecule has 2 aromatic heterocycles. The van der Waals surface area contributed by atoms with E-state index in [1.165, 1.54) is 10.8 Å². The van der Waals surface area contributed by atoms with Gasteiger partial charge >= 0.3 is 6.18 Å². The summed E-state index contributed by atoms with van der Waals surface area (Å²) in [7, 11) is 1.62. The van der Waals surface area contributed by atoms with Gasteiger partial charge in [0.2, 0.25) is 5.95 Å². The second kappa shape index (κ2) is 5.79. The van der Waals surface area contributed by atoms with Crippen molar-refractivity contribution in [3.8, 4) is 0 Å². The molecule has 0 aliphatic heterocycles. The third kappa shape index (κ3) is 3.05. The standard InChI is InChI=1S/C15H11ClF3N5/c1-24-13-12(4-9(7-21-13)15(17,18)19)23-14(24)22-6-8-2-3-10(16)5-11(8)20/h2-7H,20H2,1H3. The van der Waals surface area contributed by atoms with Gasteiger partial charge in [-0.1, -0.05) is 11.6 Å². The number of alkyl halides is 3. The molecule has 124 valence electrons. The number of aliphatic imine (C=N–C) groups is 1. The molecule has 0 bridgehead atoms. The molecule has 9 heteroatoms. The number of halogens is 4.